The SMILES string of the molecule is CON(C)C(=O)[C@@H](C)NC(=O)c1ccoc1. The van der Waals surface area contributed by atoms with Gasteiger partial charge in [-0.25, -0.2) is 5.06 Å². The van der Waals surface area contributed by atoms with E-state index in [9.17, 15) is 9.59 Å². The third-order valence-electron chi connectivity index (χ3n) is 2.09. The molecule has 0 aromatic carbocycles. The van der Waals surface area contributed by atoms with Gasteiger partial charge in [0.1, 0.15) is 12.3 Å². The summed E-state index contributed by atoms with van der Waals surface area (Å²) < 4.78 is 4.77. The van der Waals surface area contributed by atoms with Crippen molar-refractivity contribution < 1.29 is 18.8 Å². The zero-order chi connectivity index (χ0) is 12.1. The molecule has 0 fully saturated rings. The van der Waals surface area contributed by atoms with Crippen molar-refractivity contribution in [3.63, 3.8) is 0 Å². The summed E-state index contributed by atoms with van der Waals surface area (Å²) in [6, 6.07) is 0.861. The number of nitrogens with zero attached hydrogens (tertiary/aromatic N) is 1. The lowest BCUT2D eigenvalue weighted by atomic mass is 10.2. The summed E-state index contributed by atoms with van der Waals surface area (Å²) in [5.41, 5.74) is 0.375. The second-order valence-corrected chi connectivity index (χ2v) is 3.23. The van der Waals surface area contributed by atoms with Crippen LogP contribution in [0.4, 0.5) is 0 Å². The Morgan fingerprint density at radius 1 is 1.56 bits per heavy atom. The summed E-state index contributed by atoms with van der Waals surface area (Å²) in [6.45, 7) is 1.58. The van der Waals surface area contributed by atoms with Crippen LogP contribution in [0.15, 0.2) is 23.0 Å². The van der Waals surface area contributed by atoms with Gasteiger partial charge in [-0.05, 0) is 13.0 Å². The largest absolute Gasteiger partial charge is 0.472 e. The van der Waals surface area contributed by atoms with Crippen molar-refractivity contribution >= 4 is 11.8 Å². The normalized spacial score (nSPS) is 11.9. The van der Waals surface area contributed by atoms with Gasteiger partial charge >= 0.3 is 0 Å². The van der Waals surface area contributed by atoms with E-state index in [1.165, 1.54) is 32.8 Å². The van der Waals surface area contributed by atoms with E-state index >= 15 is 0 Å². The Morgan fingerprint density at radius 2 is 2.25 bits per heavy atom. The van der Waals surface area contributed by atoms with E-state index in [4.69, 9.17) is 9.25 Å². The molecule has 0 bridgehead atoms. The van der Waals surface area contributed by atoms with Crippen LogP contribution in [-0.4, -0.2) is 37.1 Å². The molecule has 0 aliphatic rings. The van der Waals surface area contributed by atoms with E-state index in [1.54, 1.807) is 6.92 Å². The minimum Gasteiger partial charge on any atom is -0.472 e. The van der Waals surface area contributed by atoms with Crippen LogP contribution in [-0.2, 0) is 9.63 Å². The average molecular weight is 226 g/mol. The van der Waals surface area contributed by atoms with Crippen molar-refractivity contribution in [3.05, 3.63) is 24.2 Å². The number of likely N-dealkylation sites (N-methyl/N-ethyl adjacent to an activating group) is 1. The van der Waals surface area contributed by atoms with Gasteiger partial charge < -0.3 is 9.73 Å². The van der Waals surface area contributed by atoms with E-state index in [0.29, 0.717) is 5.56 Å². The fourth-order valence-corrected chi connectivity index (χ4v) is 1.10. The van der Waals surface area contributed by atoms with Crippen LogP contribution in [0.3, 0.4) is 0 Å². The monoisotopic (exact) mass is 226 g/mol. The topological polar surface area (TPSA) is 71.8 Å². The highest BCUT2D eigenvalue weighted by atomic mass is 16.7. The van der Waals surface area contributed by atoms with Crippen LogP contribution >= 0.6 is 0 Å². The van der Waals surface area contributed by atoms with Crippen molar-refractivity contribution in [2.24, 2.45) is 0 Å². The number of nitrogens with one attached hydrogen (secondary N) is 1. The van der Waals surface area contributed by atoms with Gasteiger partial charge in [-0.15, -0.1) is 0 Å². The lowest BCUT2D eigenvalue weighted by Crippen LogP contribution is -2.45. The quantitative estimate of drug-likeness (QED) is 0.755. The smallest absolute Gasteiger partial charge is 0.268 e. The van der Waals surface area contributed by atoms with E-state index in [2.05, 4.69) is 5.32 Å². The summed E-state index contributed by atoms with van der Waals surface area (Å²) in [5, 5.41) is 3.58. The fourth-order valence-electron chi connectivity index (χ4n) is 1.10. The van der Waals surface area contributed by atoms with Gasteiger partial charge in [0.25, 0.3) is 11.8 Å². The third-order valence-corrected chi connectivity index (χ3v) is 2.09. The lowest BCUT2D eigenvalue weighted by molar-refractivity contribution is -0.170. The van der Waals surface area contributed by atoms with Gasteiger partial charge in [0.2, 0.25) is 0 Å². The van der Waals surface area contributed by atoms with Gasteiger partial charge in [0.15, 0.2) is 0 Å². The second kappa shape index (κ2) is 5.32. The van der Waals surface area contributed by atoms with E-state index < -0.39 is 6.04 Å². The van der Waals surface area contributed by atoms with Crippen LogP contribution in [0, 0.1) is 0 Å². The highest BCUT2D eigenvalue weighted by molar-refractivity contribution is 5.96. The fraction of sp³-hybridized carbons (Fsp3) is 0.400. The highest BCUT2D eigenvalue weighted by Crippen LogP contribution is 2.01. The Morgan fingerprint density at radius 3 is 2.75 bits per heavy atom. The Labute approximate surface area is 93.1 Å². The molecule has 1 rings (SSSR count). The molecule has 0 saturated heterocycles. The zero-order valence-electron chi connectivity index (χ0n) is 9.39. The van der Waals surface area contributed by atoms with Crippen LogP contribution in [0.5, 0.6) is 0 Å². The molecule has 2 amide bonds. The lowest BCUT2D eigenvalue weighted by Gasteiger charge is -2.19. The van der Waals surface area contributed by atoms with E-state index in [0.717, 1.165) is 5.06 Å². The van der Waals surface area contributed by atoms with E-state index in [1.807, 2.05) is 0 Å². The first kappa shape index (κ1) is 12.3. The standard InChI is InChI=1S/C10H14N2O4/c1-7(10(14)12(2)15-3)11-9(13)8-4-5-16-6-8/h4-7H,1-3H3,(H,11,13)/t7-/m1/s1. The zero-order valence-corrected chi connectivity index (χ0v) is 9.39. The molecular weight excluding hydrogens is 212 g/mol. The van der Waals surface area contributed by atoms with Crippen LogP contribution in [0.1, 0.15) is 17.3 Å². The summed E-state index contributed by atoms with van der Waals surface area (Å²) in [7, 11) is 2.85. The maximum Gasteiger partial charge on any atom is 0.268 e. The molecule has 0 aliphatic heterocycles. The predicted molar refractivity (Wildman–Crippen MR) is 55.4 cm³/mol. The predicted octanol–water partition coefficient (Wildman–Crippen LogP) is 0.418. The molecule has 1 aromatic rings. The van der Waals surface area contributed by atoms with Crippen molar-refractivity contribution in [2.45, 2.75) is 13.0 Å². The summed E-state index contributed by atoms with van der Waals surface area (Å²) >= 11 is 0. The van der Waals surface area contributed by atoms with Gasteiger partial charge in [0, 0.05) is 7.05 Å². The molecule has 0 saturated carbocycles. The van der Waals surface area contributed by atoms with Crippen molar-refractivity contribution in [1.29, 1.82) is 0 Å². The van der Waals surface area contributed by atoms with Gasteiger partial charge in [-0.2, -0.15) is 0 Å². The molecule has 1 atom stereocenters. The molecule has 1 N–H and O–H groups in total. The number of amides is 2. The Kier molecular flexibility index (Phi) is 4.07. The maximum atomic E-state index is 11.5. The van der Waals surface area contributed by atoms with E-state index in [-0.39, 0.29) is 11.8 Å². The molecule has 88 valence electrons. The van der Waals surface area contributed by atoms with Gasteiger partial charge in [-0.3, -0.25) is 14.4 Å². The molecule has 0 spiro atoms. The number of furan rings is 1. The molecule has 6 heteroatoms. The van der Waals surface area contributed by atoms with Crippen molar-refractivity contribution in [1.82, 2.24) is 10.4 Å². The first-order valence-corrected chi connectivity index (χ1v) is 4.71. The van der Waals surface area contributed by atoms with Crippen molar-refractivity contribution in [2.75, 3.05) is 14.2 Å². The molecule has 1 aromatic heterocycles. The van der Waals surface area contributed by atoms with Gasteiger partial charge in [-0.1, -0.05) is 0 Å². The molecular formula is C10H14N2O4. The summed E-state index contributed by atoms with van der Waals surface area (Å²) in [6.07, 6.45) is 2.70. The molecule has 0 radical (unpaired) electrons. The minimum atomic E-state index is -0.660. The second-order valence-electron chi connectivity index (χ2n) is 3.23. The summed E-state index contributed by atoms with van der Waals surface area (Å²) in [5.74, 6) is -0.696. The third kappa shape index (κ3) is 2.83. The van der Waals surface area contributed by atoms with Crippen LogP contribution in [0.2, 0.25) is 0 Å². The first-order valence-electron chi connectivity index (χ1n) is 4.71. The number of carbonyl (C=O) groups excluding carboxylic acids is 2. The van der Waals surface area contributed by atoms with Crippen LogP contribution < -0.4 is 5.32 Å². The Hall–Kier alpha value is -1.82. The Bertz CT molecular complexity index is 361. The van der Waals surface area contributed by atoms with Gasteiger partial charge in [0.05, 0.1) is 18.9 Å². The average Bonchev–Trinajstić information content (AvgIpc) is 2.80. The number of hydrogen-bond donors (Lipinski definition) is 1. The number of hydroxylamine groups is 2. The molecule has 0 unspecified atom stereocenters. The summed E-state index contributed by atoms with van der Waals surface area (Å²) in [4.78, 5) is 27.8. The number of carbonyl (C=O) groups is 2. The maximum absolute atomic E-state index is 11.5. The van der Waals surface area contributed by atoms with Crippen LogP contribution in [0.25, 0.3) is 0 Å². The number of rotatable bonds is 4. The number of hydrogen-bond acceptors (Lipinski definition) is 4. The molecule has 1 heterocycles. The highest BCUT2D eigenvalue weighted by Gasteiger charge is 2.20. The first-order chi connectivity index (χ1) is 7.56. The minimum absolute atomic E-state index is 0.334. The Balaban J connectivity index is 2.55. The molecule has 16 heavy (non-hydrogen) atoms. The molecule has 0 aliphatic carbocycles. The van der Waals surface area contributed by atoms with Crippen molar-refractivity contribution in [3.8, 4) is 0 Å². The molecule has 6 nitrogen and oxygen atoms in total.